The number of hydrogen-bond donors (Lipinski definition) is 3. The standard InChI is InChI=1S/C10H13.3C2H6O.Ti/c1-10(2,3)9-7-5-4-6-8-9;3*1-2-3;/h4-8H,1H2,2-3H3;3*3H,2H2,1H3;/q-1;;;;. The van der Waals surface area contributed by atoms with Crippen molar-refractivity contribution in [1.82, 2.24) is 0 Å². The fourth-order valence-corrected chi connectivity index (χ4v) is 0.889. The zero-order chi connectivity index (χ0) is 15.7. The third-order valence-electron chi connectivity index (χ3n) is 1.56. The number of hydrogen-bond acceptors (Lipinski definition) is 3. The third kappa shape index (κ3) is 26.4. The Hall–Kier alpha value is -0.186. The first kappa shape index (κ1) is 28.0. The van der Waals surface area contributed by atoms with Crippen LogP contribution in [0.2, 0.25) is 0 Å². The van der Waals surface area contributed by atoms with Crippen LogP contribution < -0.4 is 0 Å². The van der Waals surface area contributed by atoms with Crippen molar-refractivity contribution in [3.63, 3.8) is 0 Å². The Morgan fingerprint density at radius 3 is 1.25 bits per heavy atom. The average molecular weight is 319 g/mol. The van der Waals surface area contributed by atoms with E-state index in [1.165, 1.54) is 5.56 Å². The molecule has 20 heavy (non-hydrogen) atoms. The van der Waals surface area contributed by atoms with Crippen LogP contribution in [0.3, 0.4) is 0 Å². The molecule has 0 bridgehead atoms. The van der Waals surface area contributed by atoms with Gasteiger partial charge in [0.15, 0.2) is 0 Å². The average Bonchev–Trinajstić information content (AvgIpc) is 2.32. The molecule has 4 heteroatoms. The fraction of sp³-hybridized carbons (Fsp3) is 0.562. The van der Waals surface area contributed by atoms with Gasteiger partial charge in [-0.15, -0.1) is 5.41 Å². The van der Waals surface area contributed by atoms with Gasteiger partial charge in [-0.3, -0.25) is 0 Å². The molecule has 0 saturated carbocycles. The van der Waals surface area contributed by atoms with Crippen molar-refractivity contribution in [3.8, 4) is 0 Å². The minimum atomic E-state index is 0. The van der Waals surface area contributed by atoms with Crippen molar-refractivity contribution in [3.05, 3.63) is 42.8 Å². The number of rotatable bonds is 1. The molecule has 0 aliphatic heterocycles. The minimum absolute atomic E-state index is 0. The summed E-state index contributed by atoms with van der Waals surface area (Å²) in [7, 11) is 0. The van der Waals surface area contributed by atoms with E-state index in [1.54, 1.807) is 20.8 Å². The largest absolute Gasteiger partial charge is 0.397 e. The Morgan fingerprint density at radius 2 is 1.10 bits per heavy atom. The Kier molecular flexibility index (Phi) is 29.6. The van der Waals surface area contributed by atoms with E-state index in [0.717, 1.165) is 0 Å². The second-order valence-electron chi connectivity index (χ2n) is 4.20. The van der Waals surface area contributed by atoms with Crippen molar-refractivity contribution in [2.24, 2.45) is 0 Å². The molecule has 0 heterocycles. The summed E-state index contributed by atoms with van der Waals surface area (Å²) in [6, 6.07) is 10.3. The summed E-state index contributed by atoms with van der Waals surface area (Å²) in [5, 5.41) is 22.7. The maximum Gasteiger partial charge on any atom is 0.0402 e. The topological polar surface area (TPSA) is 60.7 Å². The minimum Gasteiger partial charge on any atom is -0.397 e. The van der Waals surface area contributed by atoms with Gasteiger partial charge in [0, 0.05) is 41.5 Å². The van der Waals surface area contributed by atoms with Crippen LogP contribution in [0.1, 0.15) is 40.2 Å². The first-order valence-corrected chi connectivity index (χ1v) is 6.58. The zero-order valence-electron chi connectivity index (χ0n) is 13.6. The van der Waals surface area contributed by atoms with E-state index in [4.69, 9.17) is 15.3 Å². The van der Waals surface area contributed by atoms with E-state index in [9.17, 15) is 0 Å². The summed E-state index contributed by atoms with van der Waals surface area (Å²) in [5.74, 6) is 0. The van der Waals surface area contributed by atoms with Crippen molar-refractivity contribution >= 4 is 0 Å². The van der Waals surface area contributed by atoms with E-state index in [1.807, 2.05) is 18.2 Å². The molecule has 0 unspecified atom stereocenters. The molecule has 3 N–H and O–H groups in total. The van der Waals surface area contributed by atoms with Gasteiger partial charge in [-0.2, -0.15) is 0 Å². The van der Waals surface area contributed by atoms with Gasteiger partial charge in [-0.1, -0.05) is 49.7 Å². The van der Waals surface area contributed by atoms with Crippen molar-refractivity contribution in [2.75, 3.05) is 19.8 Å². The third-order valence-corrected chi connectivity index (χ3v) is 1.56. The van der Waals surface area contributed by atoms with Gasteiger partial charge in [0.25, 0.3) is 0 Å². The van der Waals surface area contributed by atoms with Crippen molar-refractivity contribution in [2.45, 2.75) is 40.0 Å². The monoisotopic (exact) mass is 319 g/mol. The van der Waals surface area contributed by atoms with E-state index >= 15 is 0 Å². The first-order valence-electron chi connectivity index (χ1n) is 6.58. The van der Waals surface area contributed by atoms with E-state index in [-0.39, 0.29) is 47.0 Å². The second-order valence-corrected chi connectivity index (χ2v) is 4.20. The predicted octanol–water partition coefficient (Wildman–Crippen LogP) is 2.79. The second kappa shape index (κ2) is 21.1. The van der Waals surface area contributed by atoms with Crippen molar-refractivity contribution < 1.29 is 37.0 Å². The van der Waals surface area contributed by atoms with Gasteiger partial charge in [0.2, 0.25) is 0 Å². The molecule has 1 rings (SSSR count). The molecule has 3 nitrogen and oxygen atoms in total. The predicted molar refractivity (Wildman–Crippen MR) is 83.1 cm³/mol. The van der Waals surface area contributed by atoms with E-state index in [2.05, 4.69) is 32.9 Å². The Balaban J connectivity index is -0.000000108. The maximum atomic E-state index is 7.57. The molecule has 0 amide bonds. The van der Waals surface area contributed by atoms with Crippen LogP contribution in [0, 0.1) is 6.92 Å². The molecule has 118 valence electrons. The molecule has 0 saturated heterocycles. The van der Waals surface area contributed by atoms with Gasteiger partial charge in [0.1, 0.15) is 0 Å². The molecule has 0 aromatic heterocycles. The quantitative estimate of drug-likeness (QED) is 0.551. The molecular formula is C16H31O3Ti-. The summed E-state index contributed by atoms with van der Waals surface area (Å²) in [6.07, 6.45) is 0. The van der Waals surface area contributed by atoms with E-state index in [0.29, 0.717) is 0 Å². The molecule has 0 fully saturated rings. The van der Waals surface area contributed by atoms with Crippen LogP contribution in [-0.4, -0.2) is 35.1 Å². The van der Waals surface area contributed by atoms with Crippen LogP contribution in [0.15, 0.2) is 30.3 Å². The van der Waals surface area contributed by atoms with Crippen LogP contribution in [0.5, 0.6) is 0 Å². The Morgan fingerprint density at radius 1 is 0.850 bits per heavy atom. The first-order chi connectivity index (χ1) is 8.85. The maximum absolute atomic E-state index is 7.57. The zero-order valence-corrected chi connectivity index (χ0v) is 15.1. The van der Waals surface area contributed by atoms with Crippen LogP contribution in [0.25, 0.3) is 0 Å². The number of aliphatic hydroxyl groups is 3. The molecule has 1 aromatic carbocycles. The summed E-state index contributed by atoms with van der Waals surface area (Å²) in [4.78, 5) is 0. The Bertz CT molecular complexity index is 241. The van der Waals surface area contributed by atoms with Gasteiger partial charge >= 0.3 is 0 Å². The Labute approximate surface area is 139 Å². The van der Waals surface area contributed by atoms with Crippen LogP contribution >= 0.6 is 0 Å². The SMILES string of the molecule is CCO.CCO.CCO.[CH2-]C(C)(C)c1ccccc1.[Ti]. The number of benzene rings is 1. The smallest absolute Gasteiger partial charge is 0.0402 e. The summed E-state index contributed by atoms with van der Waals surface area (Å²) in [5.41, 5.74) is 1.33. The van der Waals surface area contributed by atoms with Gasteiger partial charge < -0.3 is 22.2 Å². The fourth-order valence-electron chi connectivity index (χ4n) is 0.889. The summed E-state index contributed by atoms with van der Waals surface area (Å²) >= 11 is 0. The number of aliphatic hydroxyl groups excluding tert-OH is 3. The molecule has 0 aliphatic rings. The molecule has 0 atom stereocenters. The molecule has 0 aliphatic carbocycles. The molecule has 0 radical (unpaired) electrons. The summed E-state index contributed by atoms with van der Waals surface area (Å²) < 4.78 is 0. The van der Waals surface area contributed by atoms with E-state index < -0.39 is 0 Å². The molecular weight excluding hydrogens is 288 g/mol. The van der Waals surface area contributed by atoms with Crippen molar-refractivity contribution in [1.29, 1.82) is 0 Å². The normalized spacial score (nSPS) is 8.45. The van der Waals surface area contributed by atoms with Gasteiger partial charge in [0.05, 0.1) is 0 Å². The molecule has 0 spiro atoms. The summed E-state index contributed by atoms with van der Waals surface area (Å²) in [6.45, 7) is 14.1. The van der Waals surface area contributed by atoms with Crippen LogP contribution in [0.4, 0.5) is 0 Å². The molecule has 1 aromatic rings. The van der Waals surface area contributed by atoms with Crippen LogP contribution in [-0.2, 0) is 27.1 Å². The van der Waals surface area contributed by atoms with Gasteiger partial charge in [-0.05, 0) is 20.8 Å². The van der Waals surface area contributed by atoms with Gasteiger partial charge in [-0.25, -0.2) is 0 Å².